The van der Waals surface area contributed by atoms with Gasteiger partial charge in [-0.05, 0) is 74.2 Å². The monoisotopic (exact) mass is 439 g/mol. The van der Waals surface area contributed by atoms with Crippen LogP contribution in [0.2, 0.25) is 0 Å². The number of anilines is 2. The molecule has 0 unspecified atom stereocenters. The predicted octanol–water partition coefficient (Wildman–Crippen LogP) is 4.84. The molecular weight excluding hydrogens is 414 g/mol. The molecule has 2 N–H and O–H groups in total. The van der Waals surface area contributed by atoms with Crippen LogP contribution in [0, 0.1) is 27.7 Å². The number of rotatable bonds is 6. The Bertz CT molecular complexity index is 1250. The number of benzene rings is 2. The number of aromatic nitrogens is 1. The molecule has 0 bridgehead atoms. The quantitative estimate of drug-likeness (QED) is 0.572. The summed E-state index contributed by atoms with van der Waals surface area (Å²) in [7, 11) is -3.78. The van der Waals surface area contributed by atoms with Gasteiger partial charge in [-0.15, -0.1) is 0 Å². The van der Waals surface area contributed by atoms with Crippen molar-refractivity contribution in [3.63, 3.8) is 0 Å². The molecule has 31 heavy (non-hydrogen) atoms. The van der Waals surface area contributed by atoms with Gasteiger partial charge in [0.15, 0.2) is 5.76 Å². The largest absolute Gasteiger partial charge is 0.354 e. The van der Waals surface area contributed by atoms with Gasteiger partial charge in [0, 0.05) is 12.6 Å². The van der Waals surface area contributed by atoms with Crippen LogP contribution in [0.25, 0.3) is 12.2 Å². The zero-order valence-electron chi connectivity index (χ0n) is 18.1. The van der Waals surface area contributed by atoms with Gasteiger partial charge in [-0.1, -0.05) is 29.4 Å². The molecule has 0 radical (unpaired) electrons. The lowest BCUT2D eigenvalue weighted by molar-refractivity contribution is -0.114. The molecule has 0 fully saturated rings. The molecule has 3 aromatic rings. The van der Waals surface area contributed by atoms with Gasteiger partial charge in [-0.25, -0.2) is 8.42 Å². The van der Waals surface area contributed by atoms with Gasteiger partial charge in [0.2, 0.25) is 5.91 Å². The molecule has 0 atom stereocenters. The Morgan fingerprint density at radius 1 is 1.00 bits per heavy atom. The molecular formula is C23H25N3O4S. The minimum atomic E-state index is -3.78. The van der Waals surface area contributed by atoms with Crippen molar-refractivity contribution in [3.8, 4) is 0 Å². The van der Waals surface area contributed by atoms with Crippen molar-refractivity contribution in [1.82, 2.24) is 5.16 Å². The lowest BCUT2D eigenvalue weighted by Crippen LogP contribution is -2.14. The maximum absolute atomic E-state index is 13.0. The molecule has 162 valence electrons. The zero-order valence-corrected chi connectivity index (χ0v) is 18.9. The Labute approximate surface area is 182 Å². The van der Waals surface area contributed by atoms with Gasteiger partial charge in [0.05, 0.1) is 4.90 Å². The molecule has 0 saturated carbocycles. The summed E-state index contributed by atoms with van der Waals surface area (Å²) in [5, 5.41) is 6.55. The summed E-state index contributed by atoms with van der Waals surface area (Å²) in [6, 6.07) is 10.7. The molecule has 1 heterocycles. The van der Waals surface area contributed by atoms with Crippen molar-refractivity contribution in [3.05, 3.63) is 70.1 Å². The van der Waals surface area contributed by atoms with Crippen LogP contribution < -0.4 is 10.0 Å². The highest BCUT2D eigenvalue weighted by Crippen LogP contribution is 2.25. The van der Waals surface area contributed by atoms with Gasteiger partial charge in [-0.2, -0.15) is 0 Å². The van der Waals surface area contributed by atoms with E-state index in [9.17, 15) is 13.2 Å². The van der Waals surface area contributed by atoms with Crippen LogP contribution in [0.15, 0.2) is 45.8 Å². The Kier molecular flexibility index (Phi) is 6.31. The summed E-state index contributed by atoms with van der Waals surface area (Å²) in [6.45, 7) is 8.71. The molecule has 0 saturated heterocycles. The Morgan fingerprint density at radius 3 is 2.32 bits per heavy atom. The fourth-order valence-corrected chi connectivity index (χ4v) is 4.58. The van der Waals surface area contributed by atoms with E-state index in [2.05, 4.69) is 15.2 Å². The normalized spacial score (nSPS) is 11.6. The molecule has 1 amide bonds. The van der Waals surface area contributed by atoms with Crippen molar-refractivity contribution in [1.29, 1.82) is 0 Å². The summed E-state index contributed by atoms with van der Waals surface area (Å²) in [6.07, 6.45) is 3.35. The number of hydrogen-bond donors (Lipinski definition) is 2. The maximum atomic E-state index is 13.0. The first-order chi connectivity index (χ1) is 14.5. The van der Waals surface area contributed by atoms with E-state index in [0.717, 1.165) is 11.1 Å². The molecule has 0 aliphatic carbocycles. The molecule has 8 heteroatoms. The Balaban J connectivity index is 1.91. The zero-order chi connectivity index (χ0) is 22.8. The standard InChI is InChI=1S/C23H25N3O4S/c1-14-10-15(2)12-20(11-14)26-31(28,29)22-13-19(7-6-16(22)3)8-9-21-23(24-18(5)27)17(4)25-30-21/h6-13,26H,1-5H3,(H,24,27). The minimum Gasteiger partial charge on any atom is -0.354 e. The maximum Gasteiger partial charge on any atom is 0.262 e. The van der Waals surface area contributed by atoms with Gasteiger partial charge >= 0.3 is 0 Å². The highest BCUT2D eigenvalue weighted by atomic mass is 32.2. The molecule has 3 rings (SSSR count). The molecule has 0 aliphatic heterocycles. The van der Waals surface area contributed by atoms with Crippen LogP contribution in [0.5, 0.6) is 0 Å². The third-order valence-electron chi connectivity index (χ3n) is 4.59. The van der Waals surface area contributed by atoms with E-state index in [1.165, 1.54) is 6.92 Å². The summed E-state index contributed by atoms with van der Waals surface area (Å²) in [5.74, 6) is 0.146. The van der Waals surface area contributed by atoms with Crippen LogP contribution >= 0.6 is 0 Å². The number of nitrogens with one attached hydrogen (secondary N) is 2. The van der Waals surface area contributed by atoms with E-state index in [1.54, 1.807) is 50.3 Å². The van der Waals surface area contributed by atoms with Crippen LogP contribution in [0.3, 0.4) is 0 Å². The first-order valence-electron chi connectivity index (χ1n) is 9.69. The van der Waals surface area contributed by atoms with Crippen molar-refractivity contribution < 1.29 is 17.7 Å². The number of hydrogen-bond acceptors (Lipinski definition) is 5. The van der Waals surface area contributed by atoms with Gasteiger partial charge in [0.25, 0.3) is 10.0 Å². The first kappa shape index (κ1) is 22.3. The smallest absolute Gasteiger partial charge is 0.262 e. The van der Waals surface area contributed by atoms with Crippen LogP contribution in [0.1, 0.15) is 40.6 Å². The van der Waals surface area contributed by atoms with Gasteiger partial charge in [0.1, 0.15) is 11.4 Å². The number of nitrogens with zero attached hydrogens (tertiary/aromatic N) is 1. The fourth-order valence-electron chi connectivity index (χ4n) is 3.25. The van der Waals surface area contributed by atoms with E-state index >= 15 is 0 Å². The summed E-state index contributed by atoms with van der Waals surface area (Å²) < 4.78 is 34.0. The molecule has 2 aromatic carbocycles. The van der Waals surface area contributed by atoms with Crippen LogP contribution in [-0.4, -0.2) is 19.5 Å². The molecule has 1 aromatic heterocycles. The average Bonchev–Trinajstić information content (AvgIpc) is 2.99. The van der Waals surface area contributed by atoms with E-state index in [4.69, 9.17) is 4.52 Å². The van der Waals surface area contributed by atoms with Crippen LogP contribution in [-0.2, 0) is 14.8 Å². The number of carbonyl (C=O) groups is 1. The lowest BCUT2D eigenvalue weighted by atomic mass is 10.1. The van der Waals surface area contributed by atoms with E-state index < -0.39 is 10.0 Å². The minimum absolute atomic E-state index is 0.185. The van der Waals surface area contributed by atoms with Crippen molar-refractivity contribution in [2.24, 2.45) is 0 Å². The number of carbonyl (C=O) groups excluding carboxylic acids is 1. The number of amides is 1. The second-order valence-corrected chi connectivity index (χ2v) is 9.18. The van der Waals surface area contributed by atoms with Crippen LogP contribution in [0.4, 0.5) is 11.4 Å². The van der Waals surface area contributed by atoms with Gasteiger partial charge in [-0.3, -0.25) is 9.52 Å². The van der Waals surface area contributed by atoms with Gasteiger partial charge < -0.3 is 9.84 Å². The van der Waals surface area contributed by atoms with Crippen molar-refractivity contribution >= 4 is 39.5 Å². The third kappa shape index (κ3) is 5.40. The number of aryl methyl sites for hydroxylation is 4. The molecule has 0 aliphatic rings. The lowest BCUT2D eigenvalue weighted by Gasteiger charge is -2.12. The van der Waals surface area contributed by atoms with E-state index in [0.29, 0.717) is 34.0 Å². The second-order valence-electron chi connectivity index (χ2n) is 7.53. The first-order valence-corrected chi connectivity index (χ1v) is 11.2. The van der Waals surface area contributed by atoms with Crippen molar-refractivity contribution in [2.45, 2.75) is 39.5 Å². The summed E-state index contributed by atoms with van der Waals surface area (Å²) >= 11 is 0. The van der Waals surface area contributed by atoms with E-state index in [-0.39, 0.29) is 10.8 Å². The fraction of sp³-hybridized carbons (Fsp3) is 0.217. The number of sulfonamides is 1. The Morgan fingerprint density at radius 2 is 1.68 bits per heavy atom. The van der Waals surface area contributed by atoms with Crippen molar-refractivity contribution in [2.75, 3.05) is 10.0 Å². The second kappa shape index (κ2) is 8.77. The summed E-state index contributed by atoms with van der Waals surface area (Å²) in [5.41, 5.74) is 4.80. The third-order valence-corrected chi connectivity index (χ3v) is 6.12. The molecule has 7 nitrogen and oxygen atoms in total. The SMILES string of the molecule is CC(=O)Nc1c(C)noc1C=Cc1ccc(C)c(S(=O)(=O)Nc2cc(C)cc(C)c2)c1. The predicted molar refractivity (Wildman–Crippen MR) is 122 cm³/mol. The topological polar surface area (TPSA) is 101 Å². The highest BCUT2D eigenvalue weighted by molar-refractivity contribution is 7.92. The summed E-state index contributed by atoms with van der Waals surface area (Å²) in [4.78, 5) is 11.6. The highest BCUT2D eigenvalue weighted by Gasteiger charge is 2.18. The van der Waals surface area contributed by atoms with E-state index in [1.807, 2.05) is 26.0 Å². The Hall–Kier alpha value is -3.39. The average molecular weight is 440 g/mol. The molecule has 0 spiro atoms.